The molecule has 0 spiro atoms. The van der Waals surface area contributed by atoms with E-state index in [1.165, 1.54) is 4.90 Å². The second-order valence-corrected chi connectivity index (χ2v) is 4.53. The Kier molecular flexibility index (Phi) is 3.69. The van der Waals surface area contributed by atoms with Gasteiger partial charge in [0.1, 0.15) is 5.82 Å². The third kappa shape index (κ3) is 2.91. The van der Waals surface area contributed by atoms with Crippen molar-refractivity contribution in [2.75, 3.05) is 24.5 Å². The summed E-state index contributed by atoms with van der Waals surface area (Å²) in [5.41, 5.74) is -1.04. The molecule has 1 unspecified atom stereocenters. The first-order valence-electron chi connectivity index (χ1n) is 5.93. The first kappa shape index (κ1) is 14.4. The van der Waals surface area contributed by atoms with Gasteiger partial charge in [-0.15, -0.1) is 0 Å². The molecule has 1 amide bonds. The van der Waals surface area contributed by atoms with Gasteiger partial charge in [0.25, 0.3) is 0 Å². The number of carbonyl (C=O) groups is 1. The third-order valence-electron chi connectivity index (χ3n) is 3.12. The zero-order chi connectivity index (χ0) is 14.9. The second-order valence-electron chi connectivity index (χ2n) is 4.53. The Labute approximate surface area is 112 Å². The van der Waals surface area contributed by atoms with E-state index in [9.17, 15) is 18.0 Å². The van der Waals surface area contributed by atoms with Crippen LogP contribution in [-0.2, 0) is 6.18 Å². The summed E-state index contributed by atoms with van der Waals surface area (Å²) in [6, 6.07) is -0.175. The normalized spacial score (nSPS) is 20.1. The number of nitrogens with zero attached hydrogens (tertiary/aromatic N) is 4. The molecular formula is C11H13F3N4O2. The van der Waals surface area contributed by atoms with E-state index in [1.54, 1.807) is 11.8 Å². The van der Waals surface area contributed by atoms with Gasteiger partial charge in [0.05, 0.1) is 12.4 Å². The largest absolute Gasteiger partial charge is 0.465 e. The van der Waals surface area contributed by atoms with E-state index in [4.69, 9.17) is 5.11 Å². The van der Waals surface area contributed by atoms with E-state index < -0.39 is 18.0 Å². The first-order valence-corrected chi connectivity index (χ1v) is 5.93. The van der Waals surface area contributed by atoms with Gasteiger partial charge < -0.3 is 14.9 Å². The van der Waals surface area contributed by atoms with Gasteiger partial charge in [-0.1, -0.05) is 0 Å². The molecule has 0 aromatic carbocycles. The van der Waals surface area contributed by atoms with E-state index in [0.717, 1.165) is 6.20 Å². The molecule has 20 heavy (non-hydrogen) atoms. The molecule has 6 nitrogen and oxygen atoms in total. The van der Waals surface area contributed by atoms with Crippen LogP contribution in [0.3, 0.4) is 0 Å². The van der Waals surface area contributed by atoms with Crippen molar-refractivity contribution in [3.63, 3.8) is 0 Å². The number of anilines is 1. The molecule has 1 aliphatic rings. The van der Waals surface area contributed by atoms with E-state index in [2.05, 4.69) is 9.97 Å². The molecule has 1 fully saturated rings. The molecule has 2 heterocycles. The molecule has 1 atom stereocenters. The summed E-state index contributed by atoms with van der Waals surface area (Å²) in [5.74, 6) is 0.315. The SMILES string of the molecule is CC1CN(C(=O)O)CCN1c1cnc(C(F)(F)F)cn1. The minimum absolute atomic E-state index is 0.175. The van der Waals surface area contributed by atoms with Crippen molar-refractivity contribution in [2.45, 2.75) is 19.1 Å². The topological polar surface area (TPSA) is 69.6 Å². The molecule has 1 aromatic heterocycles. The first-order chi connectivity index (χ1) is 9.29. The van der Waals surface area contributed by atoms with Gasteiger partial charge in [0, 0.05) is 25.7 Å². The monoisotopic (exact) mass is 290 g/mol. The maximum absolute atomic E-state index is 12.4. The molecule has 110 valence electrons. The van der Waals surface area contributed by atoms with Crippen LogP contribution in [0.25, 0.3) is 0 Å². The van der Waals surface area contributed by atoms with Crippen LogP contribution in [0.15, 0.2) is 12.4 Å². The molecule has 1 aromatic rings. The van der Waals surface area contributed by atoms with Gasteiger partial charge in [0.2, 0.25) is 0 Å². The maximum Gasteiger partial charge on any atom is 0.434 e. The van der Waals surface area contributed by atoms with Crippen molar-refractivity contribution < 1.29 is 23.1 Å². The molecule has 9 heteroatoms. The average molecular weight is 290 g/mol. The third-order valence-corrected chi connectivity index (χ3v) is 3.12. The maximum atomic E-state index is 12.4. The summed E-state index contributed by atoms with van der Waals surface area (Å²) in [5, 5.41) is 8.89. The molecule has 1 saturated heterocycles. The van der Waals surface area contributed by atoms with E-state index in [1.807, 2.05) is 0 Å². The van der Waals surface area contributed by atoms with Gasteiger partial charge in [-0.05, 0) is 6.92 Å². The molecule has 0 radical (unpaired) electrons. The second kappa shape index (κ2) is 5.14. The summed E-state index contributed by atoms with van der Waals surface area (Å²) in [6.07, 6.45) is -3.77. The number of amides is 1. The van der Waals surface area contributed by atoms with Crippen LogP contribution >= 0.6 is 0 Å². The molecule has 1 aliphatic heterocycles. The fourth-order valence-corrected chi connectivity index (χ4v) is 2.09. The van der Waals surface area contributed by atoms with E-state index in [0.29, 0.717) is 18.6 Å². The van der Waals surface area contributed by atoms with Crippen molar-refractivity contribution >= 4 is 11.9 Å². The van der Waals surface area contributed by atoms with Crippen molar-refractivity contribution in [2.24, 2.45) is 0 Å². The Morgan fingerprint density at radius 2 is 2.05 bits per heavy atom. The summed E-state index contributed by atoms with van der Waals surface area (Å²) >= 11 is 0. The number of carboxylic acid groups (broad SMARTS) is 1. The van der Waals surface area contributed by atoms with Crippen LogP contribution in [0.2, 0.25) is 0 Å². The predicted molar refractivity (Wildman–Crippen MR) is 63.4 cm³/mol. The lowest BCUT2D eigenvalue weighted by molar-refractivity contribution is -0.141. The lowest BCUT2D eigenvalue weighted by atomic mass is 10.2. The fraction of sp³-hybridized carbons (Fsp3) is 0.545. The van der Waals surface area contributed by atoms with Gasteiger partial charge in [-0.25, -0.2) is 14.8 Å². The molecule has 1 N–H and O–H groups in total. The van der Waals surface area contributed by atoms with Crippen molar-refractivity contribution in [1.82, 2.24) is 14.9 Å². The smallest absolute Gasteiger partial charge is 0.434 e. The van der Waals surface area contributed by atoms with E-state index >= 15 is 0 Å². The number of halogens is 3. The summed E-state index contributed by atoms with van der Waals surface area (Å²) in [4.78, 5) is 21.0. The zero-order valence-corrected chi connectivity index (χ0v) is 10.6. The van der Waals surface area contributed by atoms with Crippen molar-refractivity contribution in [3.05, 3.63) is 18.1 Å². The Hall–Kier alpha value is -2.06. The summed E-state index contributed by atoms with van der Waals surface area (Å²) in [6.45, 7) is 2.71. The zero-order valence-electron chi connectivity index (χ0n) is 10.6. The number of hydrogen-bond acceptors (Lipinski definition) is 4. The number of aromatic nitrogens is 2. The molecule has 0 saturated carbocycles. The predicted octanol–water partition coefficient (Wildman–Crippen LogP) is 1.68. The molecule has 0 bridgehead atoms. The number of hydrogen-bond donors (Lipinski definition) is 1. The Balaban J connectivity index is 2.11. The van der Waals surface area contributed by atoms with Gasteiger partial charge >= 0.3 is 12.3 Å². The lowest BCUT2D eigenvalue weighted by Gasteiger charge is -2.39. The molecule has 2 rings (SSSR count). The molecular weight excluding hydrogens is 277 g/mol. The van der Waals surface area contributed by atoms with Crippen LogP contribution in [0.5, 0.6) is 0 Å². The van der Waals surface area contributed by atoms with Crippen molar-refractivity contribution in [1.29, 1.82) is 0 Å². The van der Waals surface area contributed by atoms with Crippen LogP contribution in [0.4, 0.5) is 23.8 Å². The minimum atomic E-state index is -4.51. The van der Waals surface area contributed by atoms with E-state index in [-0.39, 0.29) is 19.1 Å². The summed E-state index contributed by atoms with van der Waals surface area (Å²) < 4.78 is 37.2. The highest BCUT2D eigenvalue weighted by molar-refractivity contribution is 5.65. The minimum Gasteiger partial charge on any atom is -0.465 e. The van der Waals surface area contributed by atoms with Gasteiger partial charge in [-0.3, -0.25) is 0 Å². The lowest BCUT2D eigenvalue weighted by Crippen LogP contribution is -2.53. The fourth-order valence-electron chi connectivity index (χ4n) is 2.09. The average Bonchev–Trinajstić information content (AvgIpc) is 2.37. The molecule has 0 aliphatic carbocycles. The van der Waals surface area contributed by atoms with Crippen LogP contribution in [-0.4, -0.2) is 51.7 Å². The van der Waals surface area contributed by atoms with Crippen LogP contribution in [0, 0.1) is 0 Å². The highest BCUT2D eigenvalue weighted by Crippen LogP contribution is 2.27. The van der Waals surface area contributed by atoms with Crippen LogP contribution in [0.1, 0.15) is 12.6 Å². The quantitative estimate of drug-likeness (QED) is 0.852. The number of piperazine rings is 1. The Bertz CT molecular complexity index is 491. The van der Waals surface area contributed by atoms with Crippen LogP contribution < -0.4 is 4.90 Å². The Morgan fingerprint density at radius 3 is 2.50 bits per heavy atom. The van der Waals surface area contributed by atoms with Gasteiger partial charge in [0.15, 0.2) is 5.69 Å². The number of alkyl halides is 3. The highest BCUT2D eigenvalue weighted by Gasteiger charge is 2.33. The Morgan fingerprint density at radius 1 is 1.35 bits per heavy atom. The standard InChI is InChI=1S/C11H13F3N4O2/c1-7-6-17(10(19)20)2-3-18(7)9-5-15-8(4-16-9)11(12,13)14/h4-5,7H,2-3,6H2,1H3,(H,19,20). The van der Waals surface area contributed by atoms with Crippen molar-refractivity contribution in [3.8, 4) is 0 Å². The van der Waals surface area contributed by atoms with Gasteiger partial charge in [-0.2, -0.15) is 13.2 Å². The highest BCUT2D eigenvalue weighted by atomic mass is 19.4. The number of rotatable bonds is 1. The summed E-state index contributed by atoms with van der Waals surface area (Å²) in [7, 11) is 0.